The molecule has 0 radical (unpaired) electrons. The molecule has 2 N–H and O–H groups in total. The number of hydrogen-bond donors (Lipinski definition) is 2. The van der Waals surface area contributed by atoms with E-state index >= 15 is 0 Å². The van der Waals surface area contributed by atoms with Crippen LogP contribution in [0.25, 0.3) is 5.69 Å². The number of aryl methyl sites for hydroxylation is 1. The molecule has 0 unspecified atom stereocenters. The molecule has 0 aliphatic carbocycles. The Hall–Kier alpha value is -2.27. The smallest absolute Gasteiger partial charge is 0.253 e. The van der Waals surface area contributed by atoms with Gasteiger partial charge in [0.05, 0.1) is 12.7 Å². The summed E-state index contributed by atoms with van der Waals surface area (Å²) in [7, 11) is 1.64. The molecule has 0 spiro atoms. The first-order valence-electron chi connectivity index (χ1n) is 7.73. The van der Waals surface area contributed by atoms with Crippen LogP contribution in [0.2, 0.25) is 0 Å². The van der Waals surface area contributed by atoms with Crippen LogP contribution in [-0.4, -0.2) is 35.3 Å². The summed E-state index contributed by atoms with van der Waals surface area (Å²) in [4.78, 5) is 12.4. The van der Waals surface area contributed by atoms with E-state index in [-0.39, 0.29) is 18.6 Å². The zero-order chi connectivity index (χ0) is 17.0. The van der Waals surface area contributed by atoms with Crippen LogP contribution in [0.3, 0.4) is 0 Å². The molecular weight excluding hydrogens is 292 g/mol. The van der Waals surface area contributed by atoms with Gasteiger partial charge in [-0.2, -0.15) is 0 Å². The number of hydrogen-bond acceptors (Lipinski definition) is 3. The molecule has 1 heterocycles. The summed E-state index contributed by atoms with van der Waals surface area (Å²) in [6.07, 6.45) is 0.545. The van der Waals surface area contributed by atoms with E-state index in [1.54, 1.807) is 7.11 Å². The molecule has 0 aliphatic rings. The summed E-state index contributed by atoms with van der Waals surface area (Å²) in [6, 6.07) is 9.57. The number of methoxy groups -OCH3 is 1. The minimum Gasteiger partial charge on any atom is -0.497 e. The number of ether oxygens (including phenoxy) is 1. The van der Waals surface area contributed by atoms with Crippen LogP contribution in [0.15, 0.2) is 30.3 Å². The van der Waals surface area contributed by atoms with Crippen molar-refractivity contribution in [3.05, 3.63) is 47.3 Å². The van der Waals surface area contributed by atoms with Crippen LogP contribution >= 0.6 is 0 Å². The first-order chi connectivity index (χ1) is 11.0. The molecule has 0 aliphatic heterocycles. The van der Waals surface area contributed by atoms with E-state index < -0.39 is 0 Å². The van der Waals surface area contributed by atoms with Crippen molar-refractivity contribution < 1.29 is 14.6 Å². The molecule has 0 saturated heterocycles. The summed E-state index contributed by atoms with van der Waals surface area (Å²) in [6.45, 7) is 5.86. The highest BCUT2D eigenvalue weighted by Crippen LogP contribution is 2.22. The van der Waals surface area contributed by atoms with E-state index in [0.29, 0.717) is 12.0 Å². The molecule has 1 amide bonds. The molecule has 2 aromatic rings. The third-order valence-corrected chi connectivity index (χ3v) is 3.95. The lowest BCUT2D eigenvalue weighted by Gasteiger charge is -2.13. The van der Waals surface area contributed by atoms with Gasteiger partial charge in [0.2, 0.25) is 0 Å². The van der Waals surface area contributed by atoms with Gasteiger partial charge in [-0.1, -0.05) is 0 Å². The number of rotatable bonds is 6. The van der Waals surface area contributed by atoms with E-state index in [1.807, 2.05) is 55.7 Å². The van der Waals surface area contributed by atoms with Crippen LogP contribution in [-0.2, 0) is 0 Å². The van der Waals surface area contributed by atoms with E-state index in [2.05, 4.69) is 5.32 Å². The molecule has 1 aromatic carbocycles. The second-order valence-electron chi connectivity index (χ2n) is 5.71. The zero-order valence-electron chi connectivity index (χ0n) is 14.1. The number of aliphatic hydroxyl groups excluding tert-OH is 1. The molecule has 2 rings (SSSR count). The average molecular weight is 316 g/mol. The van der Waals surface area contributed by atoms with Crippen molar-refractivity contribution in [1.29, 1.82) is 0 Å². The fraction of sp³-hybridized carbons (Fsp3) is 0.389. The number of nitrogens with one attached hydrogen (secondary N) is 1. The first kappa shape index (κ1) is 17.1. The number of amides is 1. The minimum absolute atomic E-state index is 0.0588. The Morgan fingerprint density at radius 2 is 1.96 bits per heavy atom. The standard InChI is InChI=1S/C18H24N2O3/c1-12(9-10-21)19-18(22)17-11-13(2)20(14(17)3)15-5-7-16(23-4)8-6-15/h5-8,11-12,21H,9-10H2,1-4H3,(H,19,22)/t12-/m1/s1. The largest absolute Gasteiger partial charge is 0.497 e. The van der Waals surface area contributed by atoms with Crippen LogP contribution < -0.4 is 10.1 Å². The molecule has 23 heavy (non-hydrogen) atoms. The highest BCUT2D eigenvalue weighted by molar-refractivity contribution is 5.96. The Morgan fingerprint density at radius 1 is 1.30 bits per heavy atom. The van der Waals surface area contributed by atoms with E-state index in [1.165, 1.54) is 0 Å². The molecule has 0 fully saturated rings. The Balaban J connectivity index is 2.29. The quantitative estimate of drug-likeness (QED) is 0.861. The number of aromatic nitrogens is 1. The minimum atomic E-state index is -0.112. The van der Waals surface area contributed by atoms with Gasteiger partial charge in [0.25, 0.3) is 5.91 Å². The summed E-state index contributed by atoms with van der Waals surface area (Å²) in [5.41, 5.74) is 3.53. The average Bonchev–Trinajstić information content (AvgIpc) is 2.82. The molecule has 0 saturated carbocycles. The summed E-state index contributed by atoms with van der Waals surface area (Å²) in [5.74, 6) is 0.686. The van der Waals surface area contributed by atoms with Crippen molar-refractivity contribution in [3.8, 4) is 11.4 Å². The maximum atomic E-state index is 12.4. The summed E-state index contributed by atoms with van der Waals surface area (Å²) < 4.78 is 7.23. The fourth-order valence-corrected chi connectivity index (χ4v) is 2.69. The second kappa shape index (κ2) is 7.33. The van der Waals surface area contributed by atoms with Crippen LogP contribution in [0.4, 0.5) is 0 Å². The lowest BCUT2D eigenvalue weighted by molar-refractivity contribution is 0.0934. The zero-order valence-corrected chi connectivity index (χ0v) is 14.1. The molecule has 124 valence electrons. The van der Waals surface area contributed by atoms with Crippen LogP contribution in [0.1, 0.15) is 35.1 Å². The van der Waals surface area contributed by atoms with Crippen LogP contribution in [0.5, 0.6) is 5.75 Å². The third kappa shape index (κ3) is 3.74. The van der Waals surface area contributed by atoms with Crippen molar-refractivity contribution in [3.63, 3.8) is 0 Å². The number of aliphatic hydroxyl groups is 1. The van der Waals surface area contributed by atoms with E-state index in [9.17, 15) is 4.79 Å². The Labute approximate surface area is 136 Å². The molecule has 1 atom stereocenters. The van der Waals surface area contributed by atoms with Crippen molar-refractivity contribution >= 4 is 5.91 Å². The third-order valence-electron chi connectivity index (χ3n) is 3.95. The first-order valence-corrected chi connectivity index (χ1v) is 7.73. The fourth-order valence-electron chi connectivity index (χ4n) is 2.69. The normalized spacial score (nSPS) is 12.0. The van der Waals surface area contributed by atoms with Gasteiger partial charge in [0, 0.05) is 29.7 Å². The van der Waals surface area contributed by atoms with Gasteiger partial charge in [-0.15, -0.1) is 0 Å². The van der Waals surface area contributed by atoms with E-state index in [0.717, 1.165) is 22.8 Å². The Kier molecular flexibility index (Phi) is 5.45. The van der Waals surface area contributed by atoms with Gasteiger partial charge < -0.3 is 19.7 Å². The summed E-state index contributed by atoms with van der Waals surface area (Å²) >= 11 is 0. The molecule has 5 heteroatoms. The number of nitrogens with zero attached hydrogens (tertiary/aromatic N) is 1. The van der Waals surface area contributed by atoms with Gasteiger partial charge in [0.1, 0.15) is 5.75 Å². The Morgan fingerprint density at radius 3 is 2.52 bits per heavy atom. The lowest BCUT2D eigenvalue weighted by Crippen LogP contribution is -2.33. The predicted molar refractivity (Wildman–Crippen MR) is 90.4 cm³/mol. The monoisotopic (exact) mass is 316 g/mol. The maximum absolute atomic E-state index is 12.4. The van der Waals surface area contributed by atoms with Crippen molar-refractivity contribution in [2.75, 3.05) is 13.7 Å². The highest BCUT2D eigenvalue weighted by Gasteiger charge is 2.18. The Bertz CT molecular complexity index is 674. The number of carbonyl (C=O) groups excluding carboxylic acids is 1. The number of benzene rings is 1. The topological polar surface area (TPSA) is 63.5 Å². The summed E-state index contributed by atoms with van der Waals surface area (Å²) in [5, 5.41) is 11.9. The van der Waals surface area contributed by atoms with Gasteiger partial charge in [-0.25, -0.2) is 0 Å². The maximum Gasteiger partial charge on any atom is 0.253 e. The van der Waals surface area contributed by atoms with Crippen molar-refractivity contribution in [2.24, 2.45) is 0 Å². The van der Waals surface area contributed by atoms with Gasteiger partial charge in [0.15, 0.2) is 0 Å². The second-order valence-corrected chi connectivity index (χ2v) is 5.71. The lowest BCUT2D eigenvalue weighted by atomic mass is 10.2. The predicted octanol–water partition coefficient (Wildman–Crippen LogP) is 2.60. The molecule has 0 bridgehead atoms. The van der Waals surface area contributed by atoms with Gasteiger partial charge in [-0.3, -0.25) is 4.79 Å². The van der Waals surface area contributed by atoms with Gasteiger partial charge in [-0.05, 0) is 57.5 Å². The number of carbonyl (C=O) groups is 1. The van der Waals surface area contributed by atoms with Crippen LogP contribution in [0, 0.1) is 13.8 Å². The highest BCUT2D eigenvalue weighted by atomic mass is 16.5. The van der Waals surface area contributed by atoms with Crippen molar-refractivity contribution in [2.45, 2.75) is 33.2 Å². The molecule has 1 aromatic heterocycles. The van der Waals surface area contributed by atoms with Crippen molar-refractivity contribution in [1.82, 2.24) is 9.88 Å². The SMILES string of the molecule is COc1ccc(-n2c(C)cc(C(=O)N[C@H](C)CCO)c2C)cc1. The molecule has 5 nitrogen and oxygen atoms in total. The van der Waals surface area contributed by atoms with E-state index in [4.69, 9.17) is 9.84 Å². The van der Waals surface area contributed by atoms with Gasteiger partial charge >= 0.3 is 0 Å². The molecular formula is C18H24N2O3.